The Balaban J connectivity index is 2.93. The van der Waals surface area contributed by atoms with Gasteiger partial charge in [-0.15, -0.1) is 0 Å². The van der Waals surface area contributed by atoms with Gasteiger partial charge < -0.3 is 15.5 Å². The van der Waals surface area contributed by atoms with Gasteiger partial charge in [-0.1, -0.05) is 0 Å². The lowest BCUT2D eigenvalue weighted by Crippen LogP contribution is -2.37. The number of hydrogen-bond donors (Lipinski definition) is 1. The number of rotatable bonds is 4. The van der Waals surface area contributed by atoms with Gasteiger partial charge in [0.05, 0.1) is 12.7 Å². The summed E-state index contributed by atoms with van der Waals surface area (Å²) in [4.78, 5) is 21.9. The third-order valence-corrected chi connectivity index (χ3v) is 2.25. The molecule has 0 aliphatic heterocycles. The second-order valence-electron chi connectivity index (χ2n) is 3.70. The van der Waals surface area contributed by atoms with E-state index in [4.69, 9.17) is 5.73 Å². The first-order chi connectivity index (χ1) is 7.95. The third-order valence-electron chi connectivity index (χ3n) is 2.25. The number of halogens is 1. The summed E-state index contributed by atoms with van der Waals surface area (Å²) in [6, 6.07) is 0. The average Bonchev–Trinajstić information content (AvgIpc) is 2.29. The van der Waals surface area contributed by atoms with Gasteiger partial charge in [-0.05, 0) is 6.92 Å². The van der Waals surface area contributed by atoms with Gasteiger partial charge in [-0.2, -0.15) is 4.98 Å². The van der Waals surface area contributed by atoms with Gasteiger partial charge in [-0.25, -0.2) is 9.37 Å². The normalized spacial score (nSPS) is 10.1. The number of amides is 1. The van der Waals surface area contributed by atoms with Crippen LogP contribution in [0.4, 0.5) is 16.2 Å². The van der Waals surface area contributed by atoms with Crippen LogP contribution in [0.1, 0.15) is 6.92 Å². The molecule has 1 aromatic heterocycles. The molecule has 0 atom stereocenters. The maximum Gasteiger partial charge on any atom is 0.241 e. The molecule has 0 saturated carbocycles. The van der Waals surface area contributed by atoms with Gasteiger partial charge in [-0.3, -0.25) is 4.79 Å². The number of aromatic nitrogens is 2. The predicted octanol–water partition coefficient (Wildman–Crippen LogP) is 0.112. The van der Waals surface area contributed by atoms with Crippen molar-refractivity contribution in [3.63, 3.8) is 0 Å². The monoisotopic (exact) mass is 241 g/mol. The first kappa shape index (κ1) is 13.1. The topological polar surface area (TPSA) is 75.4 Å². The second kappa shape index (κ2) is 5.42. The predicted molar refractivity (Wildman–Crippen MR) is 63.0 cm³/mol. The highest BCUT2D eigenvalue weighted by Crippen LogP contribution is 2.15. The van der Waals surface area contributed by atoms with Crippen LogP contribution in [0.15, 0.2) is 6.20 Å². The SMILES string of the molecule is CCN(CC(=O)N(C)C)c1nc(N)ncc1F. The molecular weight excluding hydrogens is 225 g/mol. The quantitative estimate of drug-likeness (QED) is 0.810. The van der Waals surface area contributed by atoms with E-state index in [1.54, 1.807) is 21.0 Å². The molecule has 0 spiro atoms. The van der Waals surface area contributed by atoms with Gasteiger partial charge in [0.25, 0.3) is 0 Å². The Morgan fingerprint density at radius 3 is 2.71 bits per heavy atom. The molecule has 0 fully saturated rings. The Kier molecular flexibility index (Phi) is 4.19. The van der Waals surface area contributed by atoms with Crippen LogP contribution >= 0.6 is 0 Å². The maximum absolute atomic E-state index is 13.5. The molecule has 0 aromatic carbocycles. The summed E-state index contributed by atoms with van der Waals surface area (Å²) in [5, 5.41) is 0. The average molecular weight is 241 g/mol. The van der Waals surface area contributed by atoms with Crippen LogP contribution in [0.5, 0.6) is 0 Å². The molecule has 94 valence electrons. The van der Waals surface area contributed by atoms with E-state index in [0.717, 1.165) is 6.20 Å². The fourth-order valence-electron chi connectivity index (χ4n) is 1.23. The molecule has 0 saturated heterocycles. The molecule has 1 aromatic rings. The molecule has 0 radical (unpaired) electrons. The van der Waals surface area contributed by atoms with Crippen molar-refractivity contribution in [3.8, 4) is 0 Å². The van der Waals surface area contributed by atoms with E-state index in [9.17, 15) is 9.18 Å². The van der Waals surface area contributed by atoms with Gasteiger partial charge in [0.1, 0.15) is 0 Å². The summed E-state index contributed by atoms with van der Waals surface area (Å²) < 4.78 is 13.5. The fourth-order valence-corrected chi connectivity index (χ4v) is 1.23. The van der Waals surface area contributed by atoms with Crippen molar-refractivity contribution in [2.75, 3.05) is 37.8 Å². The highest BCUT2D eigenvalue weighted by atomic mass is 19.1. The van der Waals surface area contributed by atoms with Crippen LogP contribution in [0.3, 0.4) is 0 Å². The molecule has 0 aliphatic carbocycles. The van der Waals surface area contributed by atoms with Crippen molar-refractivity contribution < 1.29 is 9.18 Å². The van der Waals surface area contributed by atoms with E-state index >= 15 is 0 Å². The molecule has 1 heterocycles. The highest BCUT2D eigenvalue weighted by Gasteiger charge is 2.17. The summed E-state index contributed by atoms with van der Waals surface area (Å²) in [6.07, 6.45) is 1.00. The zero-order valence-electron chi connectivity index (χ0n) is 10.1. The summed E-state index contributed by atoms with van der Waals surface area (Å²) in [7, 11) is 3.28. The van der Waals surface area contributed by atoms with E-state index < -0.39 is 5.82 Å². The fraction of sp³-hybridized carbons (Fsp3) is 0.500. The van der Waals surface area contributed by atoms with Crippen molar-refractivity contribution in [1.29, 1.82) is 0 Å². The largest absolute Gasteiger partial charge is 0.368 e. The second-order valence-corrected chi connectivity index (χ2v) is 3.70. The molecule has 0 unspecified atom stereocenters. The Morgan fingerprint density at radius 1 is 1.53 bits per heavy atom. The van der Waals surface area contributed by atoms with Crippen molar-refractivity contribution in [3.05, 3.63) is 12.0 Å². The van der Waals surface area contributed by atoms with E-state index in [1.807, 2.05) is 0 Å². The van der Waals surface area contributed by atoms with Crippen LogP contribution in [0.2, 0.25) is 0 Å². The lowest BCUT2D eigenvalue weighted by Gasteiger charge is -2.23. The number of nitrogen functional groups attached to an aromatic ring is 1. The van der Waals surface area contributed by atoms with Gasteiger partial charge in [0.2, 0.25) is 11.9 Å². The minimum absolute atomic E-state index is 0.0165. The summed E-state index contributed by atoms with van der Waals surface area (Å²) in [5.74, 6) is -0.691. The van der Waals surface area contributed by atoms with Crippen LogP contribution in [-0.4, -0.2) is 48.0 Å². The molecular formula is C10H16FN5O. The Bertz CT molecular complexity index is 410. The van der Waals surface area contributed by atoms with Crippen molar-refractivity contribution >= 4 is 17.7 Å². The Labute approximate surface area is 99.2 Å². The standard InChI is InChI=1S/C10H16FN5O/c1-4-16(6-8(17)15(2)3)9-7(11)5-13-10(12)14-9/h5H,4,6H2,1-3H3,(H2,12,13,14). The minimum atomic E-state index is -0.590. The van der Waals surface area contributed by atoms with E-state index in [1.165, 1.54) is 9.80 Å². The molecule has 6 nitrogen and oxygen atoms in total. The van der Waals surface area contributed by atoms with Crippen LogP contribution < -0.4 is 10.6 Å². The van der Waals surface area contributed by atoms with Crippen molar-refractivity contribution in [1.82, 2.24) is 14.9 Å². The Morgan fingerprint density at radius 2 is 2.18 bits per heavy atom. The van der Waals surface area contributed by atoms with Gasteiger partial charge in [0, 0.05) is 20.6 Å². The summed E-state index contributed by atoms with van der Waals surface area (Å²) in [5.41, 5.74) is 5.40. The number of hydrogen-bond acceptors (Lipinski definition) is 5. The van der Waals surface area contributed by atoms with E-state index in [2.05, 4.69) is 9.97 Å². The van der Waals surface area contributed by atoms with E-state index in [-0.39, 0.29) is 24.2 Å². The van der Waals surface area contributed by atoms with E-state index in [0.29, 0.717) is 6.54 Å². The Hall–Kier alpha value is -1.92. The minimum Gasteiger partial charge on any atom is -0.368 e. The molecule has 17 heavy (non-hydrogen) atoms. The van der Waals surface area contributed by atoms with Gasteiger partial charge in [0.15, 0.2) is 11.6 Å². The number of nitrogens with zero attached hydrogens (tertiary/aromatic N) is 4. The zero-order valence-corrected chi connectivity index (χ0v) is 10.1. The van der Waals surface area contributed by atoms with Crippen molar-refractivity contribution in [2.45, 2.75) is 6.92 Å². The molecule has 1 amide bonds. The van der Waals surface area contributed by atoms with Gasteiger partial charge >= 0.3 is 0 Å². The lowest BCUT2D eigenvalue weighted by atomic mass is 10.4. The highest BCUT2D eigenvalue weighted by molar-refractivity contribution is 5.80. The molecule has 0 bridgehead atoms. The number of anilines is 2. The van der Waals surface area contributed by atoms with Crippen LogP contribution in [0, 0.1) is 5.82 Å². The maximum atomic E-state index is 13.5. The van der Waals surface area contributed by atoms with Crippen LogP contribution in [-0.2, 0) is 4.79 Å². The molecule has 1 rings (SSSR count). The molecule has 2 N–H and O–H groups in total. The van der Waals surface area contributed by atoms with Crippen LogP contribution in [0.25, 0.3) is 0 Å². The number of carbonyl (C=O) groups is 1. The molecule has 0 aliphatic rings. The first-order valence-electron chi connectivity index (χ1n) is 5.18. The third kappa shape index (κ3) is 3.27. The summed E-state index contributed by atoms with van der Waals surface area (Å²) >= 11 is 0. The smallest absolute Gasteiger partial charge is 0.241 e. The molecule has 7 heteroatoms. The first-order valence-corrected chi connectivity index (χ1v) is 5.18. The number of carbonyl (C=O) groups excluding carboxylic acids is 1. The van der Waals surface area contributed by atoms with Crippen molar-refractivity contribution in [2.24, 2.45) is 0 Å². The number of nitrogens with two attached hydrogens (primary N) is 1. The zero-order chi connectivity index (χ0) is 13.0. The number of likely N-dealkylation sites (N-methyl/N-ethyl adjacent to an activating group) is 2. The summed E-state index contributed by atoms with van der Waals surface area (Å²) in [6.45, 7) is 2.31. The lowest BCUT2D eigenvalue weighted by molar-refractivity contribution is -0.127.